The van der Waals surface area contributed by atoms with E-state index in [9.17, 15) is 19.5 Å². The largest absolute Gasteiger partial charge is 0.444 e. The Morgan fingerprint density at radius 3 is 2.16 bits per heavy atom. The van der Waals surface area contributed by atoms with Gasteiger partial charge in [0.25, 0.3) is 0 Å². The van der Waals surface area contributed by atoms with Gasteiger partial charge in [-0.1, -0.05) is 63.4 Å². The van der Waals surface area contributed by atoms with E-state index in [4.69, 9.17) is 4.74 Å². The van der Waals surface area contributed by atoms with Crippen LogP contribution in [0.1, 0.15) is 97.7 Å². The molecular weight excluding hydrogens is 470 g/mol. The maximum atomic E-state index is 13.9. The van der Waals surface area contributed by atoms with Crippen LogP contribution in [0.3, 0.4) is 0 Å². The number of hydrogen-bond acceptors (Lipinski definition) is 5. The van der Waals surface area contributed by atoms with Gasteiger partial charge in [-0.25, -0.2) is 4.79 Å². The van der Waals surface area contributed by atoms with Crippen LogP contribution >= 0.6 is 0 Å². The molecule has 0 heterocycles. The predicted molar refractivity (Wildman–Crippen MR) is 147 cm³/mol. The van der Waals surface area contributed by atoms with E-state index in [2.05, 4.69) is 31.4 Å². The van der Waals surface area contributed by atoms with E-state index in [0.29, 0.717) is 24.4 Å². The average molecular weight is 520 g/mol. The molecule has 0 fully saturated rings. The van der Waals surface area contributed by atoms with Crippen molar-refractivity contribution in [1.29, 1.82) is 0 Å². The molecule has 0 aliphatic heterocycles. The second-order valence-corrected chi connectivity index (χ2v) is 11.3. The van der Waals surface area contributed by atoms with Crippen LogP contribution in [0.2, 0.25) is 0 Å². The molecule has 3 N–H and O–H groups in total. The minimum atomic E-state index is -1.25. The van der Waals surface area contributed by atoms with Gasteiger partial charge in [0.05, 0.1) is 6.61 Å². The summed E-state index contributed by atoms with van der Waals surface area (Å²) in [6.07, 6.45) is 3.59. The number of carbonyl (C=O) groups is 3. The van der Waals surface area contributed by atoms with Gasteiger partial charge in [-0.15, -0.1) is 0 Å². The molecule has 1 rings (SSSR count). The number of carbonyl (C=O) groups excluding carboxylic acids is 3. The average Bonchev–Trinajstić information content (AvgIpc) is 2.81. The number of aryl methyl sites for hydroxylation is 1. The molecule has 0 aliphatic rings. The molecule has 0 aromatic heterocycles. The summed E-state index contributed by atoms with van der Waals surface area (Å²) in [7, 11) is 0. The molecule has 0 saturated carbocycles. The molecule has 8 heteroatoms. The molecule has 1 aromatic carbocycles. The van der Waals surface area contributed by atoms with Crippen molar-refractivity contribution in [3.63, 3.8) is 0 Å². The van der Waals surface area contributed by atoms with Crippen LogP contribution in [0.15, 0.2) is 24.3 Å². The lowest BCUT2D eigenvalue weighted by Gasteiger charge is -2.38. The van der Waals surface area contributed by atoms with Gasteiger partial charge in [-0.05, 0) is 65.4 Å². The highest BCUT2D eigenvalue weighted by Gasteiger charge is 2.38. The molecule has 8 nitrogen and oxygen atoms in total. The third-order valence-corrected chi connectivity index (χ3v) is 6.06. The van der Waals surface area contributed by atoms with E-state index in [1.807, 2.05) is 38.1 Å². The van der Waals surface area contributed by atoms with Crippen molar-refractivity contribution in [3.8, 4) is 0 Å². The van der Waals surface area contributed by atoms with Crippen LogP contribution in [0, 0.1) is 12.8 Å². The molecule has 3 atom stereocenters. The normalized spacial score (nSPS) is 14.0. The van der Waals surface area contributed by atoms with E-state index in [0.717, 1.165) is 31.2 Å². The van der Waals surface area contributed by atoms with Crippen molar-refractivity contribution in [2.75, 3.05) is 13.2 Å². The number of benzene rings is 1. The van der Waals surface area contributed by atoms with Gasteiger partial charge in [0.15, 0.2) is 0 Å². The summed E-state index contributed by atoms with van der Waals surface area (Å²) in [5.41, 5.74) is 0.953. The molecule has 37 heavy (non-hydrogen) atoms. The lowest BCUT2D eigenvalue weighted by molar-refractivity contribution is -0.146. The molecule has 3 amide bonds. The molecule has 1 aromatic rings. The van der Waals surface area contributed by atoms with Gasteiger partial charge in [0, 0.05) is 12.6 Å². The zero-order valence-corrected chi connectivity index (χ0v) is 24.1. The van der Waals surface area contributed by atoms with Gasteiger partial charge >= 0.3 is 6.09 Å². The molecule has 0 spiro atoms. The minimum absolute atomic E-state index is 0.279. The van der Waals surface area contributed by atoms with E-state index in [1.165, 1.54) is 4.90 Å². The fourth-order valence-electron chi connectivity index (χ4n) is 4.00. The van der Waals surface area contributed by atoms with Crippen LogP contribution in [-0.2, 0) is 14.3 Å². The maximum absolute atomic E-state index is 13.9. The highest BCUT2D eigenvalue weighted by molar-refractivity contribution is 5.92. The lowest BCUT2D eigenvalue weighted by Crippen LogP contribution is -2.56. The zero-order chi connectivity index (χ0) is 28.2. The first-order chi connectivity index (χ1) is 17.3. The fraction of sp³-hybridized carbons (Fsp3) is 0.690. The van der Waals surface area contributed by atoms with Crippen molar-refractivity contribution in [2.45, 2.75) is 111 Å². The second kappa shape index (κ2) is 15.6. The quantitative estimate of drug-likeness (QED) is 0.304. The Labute approximate surface area is 223 Å². The Morgan fingerprint density at radius 2 is 1.65 bits per heavy atom. The third kappa shape index (κ3) is 11.5. The highest BCUT2D eigenvalue weighted by Crippen LogP contribution is 2.28. The number of aliphatic hydroxyl groups is 1. The first-order valence-corrected chi connectivity index (χ1v) is 13.6. The molecule has 210 valence electrons. The molecule has 3 unspecified atom stereocenters. The van der Waals surface area contributed by atoms with Gasteiger partial charge in [0.2, 0.25) is 11.8 Å². The van der Waals surface area contributed by atoms with Crippen molar-refractivity contribution in [2.24, 2.45) is 5.92 Å². The second-order valence-electron chi connectivity index (χ2n) is 11.3. The Bertz CT molecular complexity index is 848. The predicted octanol–water partition coefficient (Wildman–Crippen LogP) is 4.88. The topological polar surface area (TPSA) is 108 Å². The number of alkyl carbamates (subject to hydrolysis) is 1. The number of amides is 3. The van der Waals surface area contributed by atoms with Crippen LogP contribution in [0.5, 0.6) is 0 Å². The number of nitrogens with one attached hydrogen (secondary N) is 2. The zero-order valence-electron chi connectivity index (χ0n) is 24.1. The first-order valence-electron chi connectivity index (χ1n) is 13.6. The summed E-state index contributed by atoms with van der Waals surface area (Å²) in [4.78, 5) is 41.5. The van der Waals surface area contributed by atoms with E-state index in [-0.39, 0.29) is 11.9 Å². The van der Waals surface area contributed by atoms with Gasteiger partial charge in [0.1, 0.15) is 17.7 Å². The Balaban J connectivity index is 3.43. The van der Waals surface area contributed by atoms with Gasteiger partial charge in [-0.3, -0.25) is 9.59 Å². The molecular formula is C29H49N3O5. The van der Waals surface area contributed by atoms with Crippen LogP contribution in [0.25, 0.3) is 0 Å². The highest BCUT2D eigenvalue weighted by atomic mass is 16.6. The minimum Gasteiger partial charge on any atom is -0.444 e. The number of hydrogen-bond donors (Lipinski definition) is 3. The first kappa shape index (κ1) is 32.4. The van der Waals surface area contributed by atoms with Gasteiger partial charge in [-0.2, -0.15) is 0 Å². The fourth-order valence-corrected chi connectivity index (χ4v) is 4.00. The number of aliphatic hydroxyl groups excluding tert-OH is 1. The van der Waals surface area contributed by atoms with Crippen LogP contribution < -0.4 is 10.6 Å². The van der Waals surface area contributed by atoms with Crippen LogP contribution in [0.4, 0.5) is 4.79 Å². The van der Waals surface area contributed by atoms with Crippen molar-refractivity contribution >= 4 is 17.9 Å². The van der Waals surface area contributed by atoms with Crippen molar-refractivity contribution < 1.29 is 24.2 Å². The molecule has 0 radical (unpaired) electrons. The Kier molecular flexibility index (Phi) is 13.7. The summed E-state index contributed by atoms with van der Waals surface area (Å²) in [5, 5.41) is 15.6. The van der Waals surface area contributed by atoms with E-state index in [1.54, 1.807) is 20.8 Å². The summed E-state index contributed by atoms with van der Waals surface area (Å²) in [6.45, 7) is 15.2. The van der Waals surface area contributed by atoms with Gasteiger partial charge < -0.3 is 25.4 Å². The standard InChI is InChI=1S/C29H49N3O5/c1-9-10-11-18-30-26(34)25(23-16-13-21(4)14-17-23)32(22(5)15-12-20(2)3)27(35)24(19-33)31-28(36)37-29(6,7)8/h13-14,16-17,20,22,24-25,33H,9-12,15,18-19H2,1-8H3,(H,30,34)(H,31,36). The molecule has 0 saturated heterocycles. The smallest absolute Gasteiger partial charge is 0.408 e. The monoisotopic (exact) mass is 519 g/mol. The van der Waals surface area contributed by atoms with Crippen molar-refractivity contribution in [3.05, 3.63) is 35.4 Å². The summed E-state index contributed by atoms with van der Waals surface area (Å²) in [6, 6.07) is 5.06. The molecule has 0 bridgehead atoms. The molecule has 0 aliphatic carbocycles. The number of unbranched alkanes of at least 4 members (excludes halogenated alkanes) is 2. The van der Waals surface area contributed by atoms with Crippen molar-refractivity contribution in [1.82, 2.24) is 15.5 Å². The Hall–Kier alpha value is -2.61. The number of rotatable bonds is 14. The van der Waals surface area contributed by atoms with E-state index >= 15 is 0 Å². The van der Waals surface area contributed by atoms with E-state index < -0.39 is 36.3 Å². The maximum Gasteiger partial charge on any atom is 0.408 e. The lowest BCUT2D eigenvalue weighted by atomic mass is 9.96. The number of nitrogens with zero attached hydrogens (tertiary/aromatic N) is 1. The van der Waals surface area contributed by atoms with Crippen LogP contribution in [-0.4, -0.2) is 58.8 Å². The summed E-state index contributed by atoms with van der Waals surface area (Å²) >= 11 is 0. The summed E-state index contributed by atoms with van der Waals surface area (Å²) < 4.78 is 5.31. The SMILES string of the molecule is CCCCCNC(=O)C(c1ccc(C)cc1)N(C(=O)C(CO)NC(=O)OC(C)(C)C)C(C)CCC(C)C. The Morgan fingerprint density at radius 1 is 1.03 bits per heavy atom. The number of ether oxygens (including phenoxy) is 1. The summed E-state index contributed by atoms with van der Waals surface area (Å²) in [5.74, 6) is -0.397. The third-order valence-electron chi connectivity index (χ3n) is 6.06.